The molecule has 0 bridgehead atoms. The number of rotatable bonds is 2. The maximum absolute atomic E-state index is 10.9. The van der Waals surface area contributed by atoms with Crippen molar-refractivity contribution in [3.8, 4) is 22.5 Å². The van der Waals surface area contributed by atoms with E-state index in [9.17, 15) is 5.11 Å². The van der Waals surface area contributed by atoms with E-state index in [1.54, 1.807) is 11.8 Å². The molecule has 0 amide bonds. The largest absolute Gasteiger partial charge is 0.369 e. The number of aliphatic hydroxyl groups is 1. The quantitative estimate of drug-likeness (QED) is 0.631. The van der Waals surface area contributed by atoms with Gasteiger partial charge in [-0.3, -0.25) is 4.57 Å². The standard InChI is InChI=1S/C22H22N2OS/c1-22(2,3)17-14-18(25)24-20(16-12-8-5-9-13-16)19(23-21(24)26-17)15-10-6-4-7-11-15/h4-14,18,25H,1-3H3/t18-/m0/s1. The summed E-state index contributed by atoms with van der Waals surface area (Å²) >= 11 is 1.64. The summed E-state index contributed by atoms with van der Waals surface area (Å²) < 4.78 is 1.94. The summed E-state index contributed by atoms with van der Waals surface area (Å²) in [6.07, 6.45) is 1.22. The molecular formula is C22H22N2OS. The molecule has 4 rings (SSSR count). The molecule has 0 saturated carbocycles. The second kappa shape index (κ2) is 6.45. The molecule has 0 unspecified atom stereocenters. The summed E-state index contributed by atoms with van der Waals surface area (Å²) in [5.41, 5.74) is 3.94. The van der Waals surface area contributed by atoms with Gasteiger partial charge in [-0.25, -0.2) is 4.98 Å². The summed E-state index contributed by atoms with van der Waals surface area (Å²) in [6, 6.07) is 20.3. The number of fused-ring (bicyclic) bond motifs is 1. The van der Waals surface area contributed by atoms with Gasteiger partial charge in [0.25, 0.3) is 0 Å². The van der Waals surface area contributed by atoms with Crippen LogP contribution in [0.5, 0.6) is 0 Å². The van der Waals surface area contributed by atoms with Crippen LogP contribution in [-0.2, 0) is 0 Å². The minimum atomic E-state index is -0.722. The number of benzene rings is 2. The highest BCUT2D eigenvalue weighted by atomic mass is 32.2. The molecule has 3 nitrogen and oxygen atoms in total. The number of nitrogens with zero attached hydrogens (tertiary/aromatic N) is 2. The molecular weight excluding hydrogens is 340 g/mol. The van der Waals surface area contributed by atoms with Gasteiger partial charge in [0.15, 0.2) is 11.4 Å². The molecule has 2 heterocycles. The first-order valence-corrected chi connectivity index (χ1v) is 9.58. The molecule has 3 aromatic rings. The summed E-state index contributed by atoms with van der Waals surface area (Å²) in [4.78, 5) is 6.08. The maximum atomic E-state index is 10.9. The Morgan fingerprint density at radius 1 is 0.923 bits per heavy atom. The topological polar surface area (TPSA) is 38.0 Å². The van der Waals surface area contributed by atoms with Gasteiger partial charge in [0.1, 0.15) is 0 Å². The van der Waals surface area contributed by atoms with Crippen molar-refractivity contribution in [1.29, 1.82) is 0 Å². The number of hydrogen-bond donors (Lipinski definition) is 1. The molecule has 26 heavy (non-hydrogen) atoms. The average Bonchev–Trinajstić information content (AvgIpc) is 3.02. The van der Waals surface area contributed by atoms with Gasteiger partial charge in [0, 0.05) is 11.1 Å². The maximum Gasteiger partial charge on any atom is 0.176 e. The van der Waals surface area contributed by atoms with E-state index in [4.69, 9.17) is 4.98 Å². The summed E-state index contributed by atoms with van der Waals surface area (Å²) in [7, 11) is 0. The molecule has 2 aromatic carbocycles. The molecule has 132 valence electrons. The van der Waals surface area contributed by atoms with Crippen molar-refractivity contribution in [2.75, 3.05) is 0 Å². The Bertz CT molecular complexity index is 953. The Morgan fingerprint density at radius 3 is 2.08 bits per heavy atom. The van der Waals surface area contributed by atoms with Crippen LogP contribution in [0, 0.1) is 5.41 Å². The van der Waals surface area contributed by atoms with Crippen molar-refractivity contribution in [2.45, 2.75) is 32.2 Å². The van der Waals surface area contributed by atoms with Crippen molar-refractivity contribution in [1.82, 2.24) is 9.55 Å². The van der Waals surface area contributed by atoms with Crippen LogP contribution in [0.4, 0.5) is 0 Å². The number of imidazole rings is 1. The fourth-order valence-corrected chi connectivity index (χ4v) is 4.27. The third-order valence-electron chi connectivity index (χ3n) is 4.48. The average molecular weight is 362 g/mol. The van der Waals surface area contributed by atoms with Gasteiger partial charge in [-0.05, 0) is 16.4 Å². The number of aromatic nitrogens is 2. The van der Waals surface area contributed by atoms with Crippen LogP contribution in [0.25, 0.3) is 22.5 Å². The summed E-state index contributed by atoms with van der Waals surface area (Å²) in [5.74, 6) is 0. The number of hydrogen-bond acceptors (Lipinski definition) is 3. The Kier molecular flexibility index (Phi) is 4.25. The Balaban J connectivity index is 1.94. The Morgan fingerprint density at radius 2 is 1.50 bits per heavy atom. The fourth-order valence-electron chi connectivity index (χ4n) is 3.14. The highest BCUT2D eigenvalue weighted by Crippen LogP contribution is 2.47. The van der Waals surface area contributed by atoms with Crippen LogP contribution < -0.4 is 0 Å². The lowest BCUT2D eigenvalue weighted by molar-refractivity contribution is 0.143. The van der Waals surface area contributed by atoms with Gasteiger partial charge in [-0.2, -0.15) is 0 Å². The minimum Gasteiger partial charge on any atom is -0.369 e. The van der Waals surface area contributed by atoms with Gasteiger partial charge in [0.2, 0.25) is 0 Å². The lowest BCUT2D eigenvalue weighted by Crippen LogP contribution is -2.17. The smallest absolute Gasteiger partial charge is 0.176 e. The summed E-state index contributed by atoms with van der Waals surface area (Å²) in [6.45, 7) is 6.48. The lowest BCUT2D eigenvalue weighted by atomic mass is 9.95. The fraction of sp³-hybridized carbons (Fsp3) is 0.227. The van der Waals surface area contributed by atoms with Crippen molar-refractivity contribution >= 4 is 11.8 Å². The number of aliphatic hydroxyl groups excluding tert-OH is 1. The number of allylic oxidation sites excluding steroid dienone is 1. The SMILES string of the molecule is CC(C)(C)C1=C[C@H](O)n2c(nc(-c3ccccc3)c2-c2ccccc2)S1. The molecule has 1 aliphatic rings. The molecule has 1 aliphatic heterocycles. The predicted molar refractivity (Wildman–Crippen MR) is 108 cm³/mol. The monoisotopic (exact) mass is 362 g/mol. The van der Waals surface area contributed by atoms with Crippen molar-refractivity contribution in [2.24, 2.45) is 5.41 Å². The molecule has 4 heteroatoms. The van der Waals surface area contributed by atoms with E-state index in [0.29, 0.717) is 0 Å². The molecule has 0 spiro atoms. The first-order valence-electron chi connectivity index (χ1n) is 8.76. The van der Waals surface area contributed by atoms with E-state index < -0.39 is 6.23 Å². The van der Waals surface area contributed by atoms with E-state index in [1.807, 2.05) is 47.0 Å². The van der Waals surface area contributed by atoms with E-state index in [1.165, 1.54) is 0 Å². The minimum absolute atomic E-state index is 0.0251. The molecule has 0 fully saturated rings. The second-order valence-electron chi connectivity index (χ2n) is 7.49. The predicted octanol–water partition coefficient (Wildman–Crippen LogP) is 5.74. The normalized spacial score (nSPS) is 16.9. The van der Waals surface area contributed by atoms with Gasteiger partial charge >= 0.3 is 0 Å². The zero-order chi connectivity index (χ0) is 18.3. The Hall–Kier alpha value is -2.30. The first-order chi connectivity index (χ1) is 12.4. The van der Waals surface area contributed by atoms with Crippen LogP contribution in [0.1, 0.15) is 27.0 Å². The molecule has 1 atom stereocenters. The van der Waals surface area contributed by atoms with Crippen molar-refractivity contribution in [3.05, 3.63) is 71.6 Å². The van der Waals surface area contributed by atoms with E-state index in [0.717, 1.165) is 32.6 Å². The molecule has 0 saturated heterocycles. The van der Waals surface area contributed by atoms with Crippen molar-refractivity contribution in [3.63, 3.8) is 0 Å². The van der Waals surface area contributed by atoms with Crippen LogP contribution in [0.3, 0.4) is 0 Å². The second-order valence-corrected chi connectivity index (χ2v) is 8.50. The van der Waals surface area contributed by atoms with Crippen LogP contribution in [0.15, 0.2) is 76.8 Å². The third kappa shape index (κ3) is 3.00. The molecule has 1 N–H and O–H groups in total. The highest BCUT2D eigenvalue weighted by molar-refractivity contribution is 8.03. The summed E-state index contributed by atoms with van der Waals surface area (Å²) in [5, 5.41) is 11.8. The molecule has 0 aliphatic carbocycles. The van der Waals surface area contributed by atoms with Crippen molar-refractivity contribution < 1.29 is 5.11 Å². The third-order valence-corrected chi connectivity index (χ3v) is 5.92. The van der Waals surface area contributed by atoms with Gasteiger partial charge in [-0.1, -0.05) is 93.2 Å². The zero-order valence-corrected chi connectivity index (χ0v) is 16.0. The Labute approximate surface area is 158 Å². The van der Waals surface area contributed by atoms with Gasteiger partial charge in [-0.15, -0.1) is 0 Å². The van der Waals surface area contributed by atoms with E-state index in [-0.39, 0.29) is 5.41 Å². The van der Waals surface area contributed by atoms with Gasteiger partial charge in [0.05, 0.1) is 11.4 Å². The highest BCUT2D eigenvalue weighted by Gasteiger charge is 2.31. The molecule has 0 radical (unpaired) electrons. The molecule has 1 aromatic heterocycles. The number of thioether (sulfide) groups is 1. The lowest BCUT2D eigenvalue weighted by Gasteiger charge is -2.28. The van der Waals surface area contributed by atoms with E-state index >= 15 is 0 Å². The van der Waals surface area contributed by atoms with Crippen LogP contribution >= 0.6 is 11.8 Å². The van der Waals surface area contributed by atoms with Crippen LogP contribution in [0.2, 0.25) is 0 Å². The van der Waals surface area contributed by atoms with Crippen LogP contribution in [-0.4, -0.2) is 14.7 Å². The first kappa shape index (κ1) is 17.1. The van der Waals surface area contributed by atoms with Gasteiger partial charge < -0.3 is 5.11 Å². The zero-order valence-electron chi connectivity index (χ0n) is 15.2. The van der Waals surface area contributed by atoms with E-state index in [2.05, 4.69) is 45.0 Å².